The summed E-state index contributed by atoms with van der Waals surface area (Å²) in [5.74, 6) is -0.200. The van der Waals surface area contributed by atoms with Gasteiger partial charge in [-0.25, -0.2) is 0 Å². The first-order valence-corrected chi connectivity index (χ1v) is 7.63. The van der Waals surface area contributed by atoms with Crippen LogP contribution in [0, 0.1) is 0 Å². The fourth-order valence-corrected chi connectivity index (χ4v) is 2.97. The van der Waals surface area contributed by atoms with Crippen molar-refractivity contribution in [2.24, 2.45) is 5.73 Å². The van der Waals surface area contributed by atoms with Crippen LogP contribution in [-0.4, -0.2) is 22.7 Å². The molecule has 0 spiro atoms. The maximum absolute atomic E-state index is 12.1. The second-order valence-electron chi connectivity index (χ2n) is 4.80. The Bertz CT molecular complexity index is 620. The van der Waals surface area contributed by atoms with Crippen molar-refractivity contribution in [2.45, 2.75) is 25.5 Å². The maximum Gasteiger partial charge on any atom is 0.257 e. The van der Waals surface area contributed by atoms with Crippen LogP contribution in [0.2, 0.25) is 0 Å². The molecule has 21 heavy (non-hydrogen) atoms. The van der Waals surface area contributed by atoms with Crippen molar-refractivity contribution >= 4 is 22.4 Å². The molecular formula is C14H16N4O2S. The molecule has 1 fully saturated rings. The highest BCUT2D eigenvalue weighted by atomic mass is 32.1. The highest BCUT2D eigenvalue weighted by Crippen LogP contribution is 2.31. The molecule has 7 heteroatoms. The average molecular weight is 304 g/mol. The van der Waals surface area contributed by atoms with Gasteiger partial charge in [-0.2, -0.15) is 0 Å². The van der Waals surface area contributed by atoms with E-state index >= 15 is 0 Å². The third-order valence-corrected chi connectivity index (χ3v) is 4.25. The molecular weight excluding hydrogens is 288 g/mol. The summed E-state index contributed by atoms with van der Waals surface area (Å²) in [6.07, 6.45) is 2.03. The van der Waals surface area contributed by atoms with E-state index in [0.29, 0.717) is 17.2 Å². The van der Waals surface area contributed by atoms with Gasteiger partial charge in [0, 0.05) is 18.7 Å². The van der Waals surface area contributed by atoms with Gasteiger partial charge in [0.15, 0.2) is 0 Å². The molecule has 1 saturated heterocycles. The van der Waals surface area contributed by atoms with E-state index in [0.717, 1.165) is 30.0 Å². The first kappa shape index (κ1) is 14.1. The summed E-state index contributed by atoms with van der Waals surface area (Å²) < 4.78 is 5.55. The monoisotopic (exact) mass is 304 g/mol. The Balaban J connectivity index is 1.66. The fraction of sp³-hybridized carbons (Fsp3) is 0.357. The van der Waals surface area contributed by atoms with Crippen molar-refractivity contribution in [3.8, 4) is 0 Å². The van der Waals surface area contributed by atoms with Crippen LogP contribution in [0.15, 0.2) is 24.3 Å². The average Bonchev–Trinajstić information content (AvgIpc) is 3.18. The number of nitrogens with one attached hydrogen (secondary N) is 1. The van der Waals surface area contributed by atoms with Crippen LogP contribution in [0.3, 0.4) is 0 Å². The molecule has 1 aliphatic rings. The predicted molar refractivity (Wildman–Crippen MR) is 80.1 cm³/mol. The lowest BCUT2D eigenvalue weighted by Crippen LogP contribution is -2.11. The number of anilines is 1. The van der Waals surface area contributed by atoms with Gasteiger partial charge < -0.3 is 10.5 Å². The highest BCUT2D eigenvalue weighted by Gasteiger charge is 2.22. The Kier molecular flexibility index (Phi) is 4.23. The molecule has 0 aliphatic carbocycles. The Morgan fingerprint density at radius 1 is 1.38 bits per heavy atom. The molecule has 0 radical (unpaired) electrons. The first-order valence-electron chi connectivity index (χ1n) is 6.81. The molecule has 0 bridgehead atoms. The van der Waals surface area contributed by atoms with Crippen molar-refractivity contribution in [1.29, 1.82) is 0 Å². The Morgan fingerprint density at radius 3 is 2.86 bits per heavy atom. The van der Waals surface area contributed by atoms with Crippen LogP contribution in [0.1, 0.15) is 39.9 Å². The van der Waals surface area contributed by atoms with Crippen LogP contribution < -0.4 is 11.1 Å². The predicted octanol–water partition coefficient (Wildman–Crippen LogP) is 2.10. The summed E-state index contributed by atoms with van der Waals surface area (Å²) in [6, 6.07) is 7.18. The summed E-state index contributed by atoms with van der Waals surface area (Å²) in [7, 11) is 0. The molecule has 2 aromatic rings. The maximum atomic E-state index is 12.1. The van der Waals surface area contributed by atoms with E-state index < -0.39 is 0 Å². The molecule has 110 valence electrons. The summed E-state index contributed by atoms with van der Waals surface area (Å²) in [6.45, 7) is 1.22. The summed E-state index contributed by atoms with van der Waals surface area (Å²) in [5, 5.41) is 12.2. The number of aromatic nitrogens is 2. The van der Waals surface area contributed by atoms with Gasteiger partial charge >= 0.3 is 0 Å². The Labute approximate surface area is 126 Å². The molecule has 3 N–H and O–H groups in total. The summed E-state index contributed by atoms with van der Waals surface area (Å²) >= 11 is 1.36. The zero-order valence-corrected chi connectivity index (χ0v) is 12.2. The van der Waals surface area contributed by atoms with E-state index in [9.17, 15) is 4.79 Å². The third kappa shape index (κ3) is 3.26. The number of rotatable bonds is 4. The lowest BCUT2D eigenvalue weighted by molar-refractivity contribution is 0.102. The second kappa shape index (κ2) is 6.30. The van der Waals surface area contributed by atoms with Gasteiger partial charge in [-0.05, 0) is 30.5 Å². The molecule has 1 aromatic heterocycles. The van der Waals surface area contributed by atoms with Crippen LogP contribution in [0.5, 0.6) is 0 Å². The van der Waals surface area contributed by atoms with E-state index in [1.54, 1.807) is 12.1 Å². The van der Waals surface area contributed by atoms with Gasteiger partial charge in [0.2, 0.25) is 5.13 Å². The quantitative estimate of drug-likeness (QED) is 0.902. The van der Waals surface area contributed by atoms with Crippen LogP contribution >= 0.6 is 11.3 Å². The standard InChI is InChI=1S/C14H16N4O2S/c15-8-9-3-5-10(6-4-9)12(19)16-14-18-17-13(21-14)11-2-1-7-20-11/h3-6,11H,1-2,7-8,15H2,(H,16,18,19). The molecule has 0 saturated carbocycles. The fourth-order valence-electron chi connectivity index (χ4n) is 2.15. The van der Waals surface area contributed by atoms with E-state index in [4.69, 9.17) is 10.5 Å². The number of amides is 1. The number of hydrogen-bond donors (Lipinski definition) is 2. The van der Waals surface area contributed by atoms with Crippen LogP contribution in [0.4, 0.5) is 5.13 Å². The number of nitrogens with two attached hydrogens (primary N) is 1. The topological polar surface area (TPSA) is 90.1 Å². The largest absolute Gasteiger partial charge is 0.371 e. The van der Waals surface area contributed by atoms with Gasteiger partial charge in [0.05, 0.1) is 0 Å². The molecule has 1 aromatic carbocycles. The van der Waals surface area contributed by atoms with E-state index in [-0.39, 0.29) is 12.0 Å². The van der Waals surface area contributed by atoms with Gasteiger partial charge in [0.25, 0.3) is 5.91 Å². The molecule has 3 rings (SSSR count). The SMILES string of the molecule is NCc1ccc(C(=O)Nc2nnc(C3CCCO3)s2)cc1. The molecule has 1 unspecified atom stereocenters. The first-order chi connectivity index (χ1) is 10.3. The van der Waals surface area contributed by atoms with E-state index in [1.807, 2.05) is 12.1 Å². The molecule has 6 nitrogen and oxygen atoms in total. The Hall–Kier alpha value is -1.83. The number of benzene rings is 1. The minimum absolute atomic E-state index is 0.0250. The van der Waals surface area contributed by atoms with Crippen molar-refractivity contribution in [1.82, 2.24) is 10.2 Å². The highest BCUT2D eigenvalue weighted by molar-refractivity contribution is 7.15. The number of ether oxygens (including phenoxy) is 1. The van der Waals surface area contributed by atoms with Crippen molar-refractivity contribution in [2.75, 3.05) is 11.9 Å². The van der Waals surface area contributed by atoms with Crippen molar-refractivity contribution in [3.63, 3.8) is 0 Å². The normalized spacial score (nSPS) is 17.9. The molecule has 1 aliphatic heterocycles. The van der Waals surface area contributed by atoms with E-state index in [1.165, 1.54) is 11.3 Å². The molecule has 1 amide bonds. The van der Waals surface area contributed by atoms with Crippen LogP contribution in [0.25, 0.3) is 0 Å². The zero-order valence-electron chi connectivity index (χ0n) is 11.4. The van der Waals surface area contributed by atoms with E-state index in [2.05, 4.69) is 15.5 Å². The van der Waals surface area contributed by atoms with Crippen LogP contribution in [-0.2, 0) is 11.3 Å². The lowest BCUT2D eigenvalue weighted by Gasteiger charge is -2.03. The minimum Gasteiger partial charge on any atom is -0.371 e. The van der Waals surface area contributed by atoms with Gasteiger partial charge in [-0.15, -0.1) is 10.2 Å². The van der Waals surface area contributed by atoms with Crippen molar-refractivity contribution < 1.29 is 9.53 Å². The summed E-state index contributed by atoms with van der Waals surface area (Å²) in [4.78, 5) is 12.1. The van der Waals surface area contributed by atoms with Gasteiger partial charge in [-0.1, -0.05) is 23.5 Å². The minimum atomic E-state index is -0.200. The second-order valence-corrected chi connectivity index (χ2v) is 5.81. The van der Waals surface area contributed by atoms with Gasteiger partial charge in [-0.3, -0.25) is 10.1 Å². The number of carbonyl (C=O) groups excluding carboxylic acids is 1. The number of carbonyl (C=O) groups is 1. The summed E-state index contributed by atoms with van der Waals surface area (Å²) in [5.41, 5.74) is 7.09. The lowest BCUT2D eigenvalue weighted by atomic mass is 10.1. The van der Waals surface area contributed by atoms with Gasteiger partial charge in [0.1, 0.15) is 11.1 Å². The number of nitrogens with zero attached hydrogens (tertiary/aromatic N) is 2. The van der Waals surface area contributed by atoms with Crippen molar-refractivity contribution in [3.05, 3.63) is 40.4 Å². The third-order valence-electron chi connectivity index (χ3n) is 3.32. The zero-order chi connectivity index (χ0) is 14.7. The molecule has 1 atom stereocenters. The Morgan fingerprint density at radius 2 is 2.19 bits per heavy atom. The smallest absolute Gasteiger partial charge is 0.257 e. The molecule has 2 heterocycles. The number of hydrogen-bond acceptors (Lipinski definition) is 6.